The van der Waals surface area contributed by atoms with Gasteiger partial charge in [-0.25, -0.2) is 4.79 Å². The van der Waals surface area contributed by atoms with Gasteiger partial charge in [0.25, 0.3) is 0 Å². The third-order valence-electron chi connectivity index (χ3n) is 2.69. The average Bonchev–Trinajstić information content (AvgIpc) is 2.78. The zero-order valence-corrected chi connectivity index (χ0v) is 10.7. The van der Waals surface area contributed by atoms with E-state index in [-0.39, 0.29) is 6.03 Å². The highest BCUT2D eigenvalue weighted by Gasteiger charge is 2.24. The van der Waals surface area contributed by atoms with E-state index < -0.39 is 0 Å². The minimum atomic E-state index is -0.0930. The molecule has 1 saturated heterocycles. The zero-order chi connectivity index (χ0) is 13.0. The summed E-state index contributed by atoms with van der Waals surface area (Å²) in [5.41, 5.74) is 0.762. The molecule has 0 unspecified atom stereocenters. The van der Waals surface area contributed by atoms with Gasteiger partial charge in [-0.1, -0.05) is 0 Å². The summed E-state index contributed by atoms with van der Waals surface area (Å²) < 4.78 is 11.0. The van der Waals surface area contributed by atoms with Gasteiger partial charge in [0.1, 0.15) is 11.5 Å². The molecule has 2 rings (SSSR count). The number of amides is 2. The predicted molar refractivity (Wildman–Crippen MR) is 69.5 cm³/mol. The van der Waals surface area contributed by atoms with Gasteiger partial charge < -0.3 is 14.8 Å². The minimum absolute atomic E-state index is 0.0930. The molecule has 1 aliphatic rings. The number of ether oxygens (including phenoxy) is 2. The normalized spacial score (nSPS) is 14.6. The van der Waals surface area contributed by atoms with Crippen molar-refractivity contribution in [1.29, 1.82) is 0 Å². The third kappa shape index (κ3) is 2.50. The van der Waals surface area contributed by atoms with E-state index in [0.29, 0.717) is 32.1 Å². The van der Waals surface area contributed by atoms with Gasteiger partial charge in [0.2, 0.25) is 0 Å². The molecule has 0 aliphatic carbocycles. The summed E-state index contributed by atoms with van der Waals surface area (Å²) >= 11 is 0. The van der Waals surface area contributed by atoms with Gasteiger partial charge in [0.05, 0.1) is 18.9 Å². The molecule has 1 aliphatic heterocycles. The first-order chi connectivity index (χ1) is 8.76. The molecule has 5 heteroatoms. The molecular weight excluding hydrogens is 232 g/mol. The molecule has 98 valence electrons. The number of urea groups is 1. The first-order valence-corrected chi connectivity index (χ1v) is 6.21. The third-order valence-corrected chi connectivity index (χ3v) is 2.69. The Hall–Kier alpha value is -1.91. The molecule has 5 nitrogen and oxygen atoms in total. The molecule has 2 amide bonds. The Bertz CT molecular complexity index is 434. The van der Waals surface area contributed by atoms with Gasteiger partial charge in [-0.15, -0.1) is 0 Å². The topological polar surface area (TPSA) is 50.8 Å². The van der Waals surface area contributed by atoms with Crippen LogP contribution in [0.25, 0.3) is 0 Å². The van der Waals surface area contributed by atoms with Crippen LogP contribution in [0.1, 0.15) is 13.8 Å². The van der Waals surface area contributed by atoms with Gasteiger partial charge in [0, 0.05) is 19.2 Å². The molecule has 1 fully saturated rings. The van der Waals surface area contributed by atoms with Crippen LogP contribution in [0.15, 0.2) is 18.2 Å². The van der Waals surface area contributed by atoms with E-state index in [4.69, 9.17) is 9.47 Å². The van der Waals surface area contributed by atoms with Crippen molar-refractivity contribution in [3.05, 3.63) is 18.2 Å². The molecule has 0 bridgehead atoms. The standard InChI is InChI=1S/C13H18N2O3/c1-3-17-10-5-6-12(18-4-2)11(9-10)15-8-7-14-13(15)16/h5-6,9H,3-4,7-8H2,1-2H3,(H,14,16). The van der Waals surface area contributed by atoms with Crippen LogP contribution in [0.4, 0.5) is 10.5 Å². The summed E-state index contributed by atoms with van der Waals surface area (Å²) in [5, 5.41) is 2.78. The largest absolute Gasteiger partial charge is 0.494 e. The predicted octanol–water partition coefficient (Wildman–Crippen LogP) is 2.01. The molecule has 0 spiro atoms. The Labute approximate surface area is 107 Å². The maximum atomic E-state index is 11.7. The highest BCUT2D eigenvalue weighted by Crippen LogP contribution is 2.33. The Morgan fingerprint density at radius 1 is 1.28 bits per heavy atom. The Balaban J connectivity index is 2.33. The van der Waals surface area contributed by atoms with Crippen molar-refractivity contribution in [3.63, 3.8) is 0 Å². The summed E-state index contributed by atoms with van der Waals surface area (Å²) in [5.74, 6) is 1.45. The second kappa shape index (κ2) is 5.62. The van der Waals surface area contributed by atoms with E-state index in [2.05, 4.69) is 5.32 Å². The molecular formula is C13H18N2O3. The number of hydrogen-bond donors (Lipinski definition) is 1. The van der Waals surface area contributed by atoms with E-state index in [9.17, 15) is 4.79 Å². The van der Waals surface area contributed by atoms with Crippen molar-refractivity contribution in [1.82, 2.24) is 5.32 Å². The maximum Gasteiger partial charge on any atom is 0.322 e. The molecule has 1 N–H and O–H groups in total. The highest BCUT2D eigenvalue weighted by atomic mass is 16.5. The highest BCUT2D eigenvalue weighted by molar-refractivity contribution is 5.95. The van der Waals surface area contributed by atoms with Crippen molar-refractivity contribution in [2.24, 2.45) is 0 Å². The zero-order valence-electron chi connectivity index (χ0n) is 10.7. The number of rotatable bonds is 5. The number of nitrogens with one attached hydrogen (secondary N) is 1. The molecule has 1 aromatic carbocycles. The van der Waals surface area contributed by atoms with Crippen LogP contribution in [0.5, 0.6) is 11.5 Å². The Kier molecular flexibility index (Phi) is 3.92. The van der Waals surface area contributed by atoms with Crippen LogP contribution < -0.4 is 19.7 Å². The Morgan fingerprint density at radius 3 is 2.67 bits per heavy atom. The minimum Gasteiger partial charge on any atom is -0.494 e. The van der Waals surface area contributed by atoms with E-state index in [1.807, 2.05) is 32.0 Å². The fourth-order valence-electron chi connectivity index (χ4n) is 1.94. The lowest BCUT2D eigenvalue weighted by molar-refractivity contribution is 0.251. The summed E-state index contributed by atoms with van der Waals surface area (Å²) in [6, 6.07) is 5.45. The number of anilines is 1. The van der Waals surface area contributed by atoms with E-state index in [1.54, 1.807) is 4.90 Å². The van der Waals surface area contributed by atoms with E-state index >= 15 is 0 Å². The average molecular weight is 250 g/mol. The van der Waals surface area contributed by atoms with E-state index in [0.717, 1.165) is 11.4 Å². The summed E-state index contributed by atoms with van der Waals surface area (Å²) in [6.45, 7) is 6.32. The lowest BCUT2D eigenvalue weighted by Gasteiger charge is -2.19. The quantitative estimate of drug-likeness (QED) is 0.869. The van der Waals surface area contributed by atoms with E-state index in [1.165, 1.54) is 0 Å². The van der Waals surface area contributed by atoms with Crippen molar-refractivity contribution in [3.8, 4) is 11.5 Å². The number of hydrogen-bond acceptors (Lipinski definition) is 3. The number of carbonyl (C=O) groups is 1. The van der Waals surface area contributed by atoms with Gasteiger partial charge >= 0.3 is 6.03 Å². The Morgan fingerprint density at radius 2 is 2.06 bits per heavy atom. The van der Waals surface area contributed by atoms with Crippen molar-refractivity contribution in [2.45, 2.75) is 13.8 Å². The first-order valence-electron chi connectivity index (χ1n) is 6.21. The monoisotopic (exact) mass is 250 g/mol. The number of carbonyl (C=O) groups excluding carboxylic acids is 1. The van der Waals surface area contributed by atoms with Crippen LogP contribution in [0.2, 0.25) is 0 Å². The van der Waals surface area contributed by atoms with Crippen molar-refractivity contribution < 1.29 is 14.3 Å². The summed E-state index contributed by atoms with van der Waals surface area (Å²) in [4.78, 5) is 13.4. The maximum absolute atomic E-state index is 11.7. The van der Waals surface area contributed by atoms with Gasteiger partial charge in [-0.3, -0.25) is 4.90 Å². The molecule has 1 aromatic rings. The van der Waals surface area contributed by atoms with Gasteiger partial charge in [-0.05, 0) is 26.0 Å². The fraction of sp³-hybridized carbons (Fsp3) is 0.462. The van der Waals surface area contributed by atoms with Gasteiger partial charge in [-0.2, -0.15) is 0 Å². The molecule has 1 heterocycles. The van der Waals surface area contributed by atoms with Crippen LogP contribution in [0.3, 0.4) is 0 Å². The molecule has 0 radical (unpaired) electrons. The second-order valence-electron chi connectivity index (χ2n) is 3.88. The van der Waals surface area contributed by atoms with Crippen LogP contribution in [-0.4, -0.2) is 32.3 Å². The molecule has 18 heavy (non-hydrogen) atoms. The lowest BCUT2D eigenvalue weighted by Crippen LogP contribution is -2.28. The fourth-order valence-corrected chi connectivity index (χ4v) is 1.94. The molecule has 0 saturated carbocycles. The van der Waals surface area contributed by atoms with Gasteiger partial charge in [0.15, 0.2) is 0 Å². The SMILES string of the molecule is CCOc1ccc(OCC)c(N2CCNC2=O)c1. The smallest absolute Gasteiger partial charge is 0.322 e. The number of nitrogens with zero attached hydrogens (tertiary/aromatic N) is 1. The second-order valence-corrected chi connectivity index (χ2v) is 3.88. The summed E-state index contributed by atoms with van der Waals surface area (Å²) in [6.07, 6.45) is 0. The number of benzene rings is 1. The summed E-state index contributed by atoms with van der Waals surface area (Å²) in [7, 11) is 0. The lowest BCUT2D eigenvalue weighted by atomic mass is 10.2. The first kappa shape index (κ1) is 12.5. The van der Waals surface area contributed by atoms with Crippen molar-refractivity contribution >= 4 is 11.7 Å². The molecule has 0 atom stereocenters. The van der Waals surface area contributed by atoms with Crippen molar-refractivity contribution in [2.75, 3.05) is 31.2 Å². The van der Waals surface area contributed by atoms with Crippen LogP contribution >= 0.6 is 0 Å². The van der Waals surface area contributed by atoms with Crippen LogP contribution in [0, 0.1) is 0 Å². The molecule has 0 aromatic heterocycles. The van der Waals surface area contributed by atoms with Crippen LogP contribution in [-0.2, 0) is 0 Å².